The number of halogens is 3. The van der Waals surface area contributed by atoms with Crippen molar-refractivity contribution in [1.29, 1.82) is 0 Å². The summed E-state index contributed by atoms with van der Waals surface area (Å²) in [4.78, 5) is 11.3. The Kier molecular flexibility index (Phi) is 2.15. The van der Waals surface area contributed by atoms with Gasteiger partial charge in [0.2, 0.25) is 10.8 Å². The summed E-state index contributed by atoms with van der Waals surface area (Å²) >= 11 is 6.09. The maximum Gasteiger partial charge on any atom is 0.218 e. The summed E-state index contributed by atoms with van der Waals surface area (Å²) in [5, 5.41) is -0.758. The van der Waals surface area contributed by atoms with Gasteiger partial charge in [-0.3, -0.25) is 4.79 Å². The Bertz CT molecular complexity index is 392. The van der Waals surface area contributed by atoms with Crippen LogP contribution in [0.2, 0.25) is 0 Å². The lowest BCUT2D eigenvalue weighted by Gasteiger charge is -2.00. The lowest BCUT2D eigenvalue weighted by atomic mass is 10.1. The summed E-state index contributed by atoms with van der Waals surface area (Å²) in [5.74, 6) is -0.759. The van der Waals surface area contributed by atoms with E-state index in [1.165, 1.54) is 6.07 Å². The predicted molar refractivity (Wildman–Crippen MR) is 51.8 cm³/mol. The second kappa shape index (κ2) is 3.06. The van der Waals surface area contributed by atoms with E-state index in [0.29, 0.717) is 4.47 Å². The van der Waals surface area contributed by atoms with Crippen LogP contribution in [0.5, 0.6) is 5.75 Å². The highest BCUT2D eigenvalue weighted by Crippen LogP contribution is 2.35. The summed E-state index contributed by atoms with van der Waals surface area (Å²) in [6, 6.07) is 2.80. The van der Waals surface area contributed by atoms with Gasteiger partial charge in [-0.15, -0.1) is 0 Å². The number of carbonyl (C=O) groups is 1. The van der Waals surface area contributed by atoms with E-state index < -0.39 is 10.8 Å². The summed E-state index contributed by atoms with van der Waals surface area (Å²) in [7, 11) is 0. The van der Waals surface area contributed by atoms with Gasteiger partial charge in [-0.1, -0.05) is 15.9 Å². The van der Waals surface area contributed by atoms with Gasteiger partial charge in [0.05, 0.1) is 5.56 Å². The zero-order chi connectivity index (χ0) is 9.59. The minimum absolute atomic E-state index is 0.0232. The third kappa shape index (κ3) is 1.40. The van der Waals surface area contributed by atoms with Crippen molar-refractivity contribution in [2.75, 3.05) is 0 Å². The molecule has 1 atom stereocenters. The lowest BCUT2D eigenvalue weighted by molar-refractivity contribution is 0.0941. The van der Waals surface area contributed by atoms with E-state index in [0.717, 1.165) is 0 Å². The van der Waals surface area contributed by atoms with Crippen LogP contribution in [0.25, 0.3) is 0 Å². The van der Waals surface area contributed by atoms with Crippen LogP contribution in [0.3, 0.4) is 0 Å². The number of carbonyl (C=O) groups excluding carboxylic acids is 1. The number of hydrogen-bond donors (Lipinski definition) is 0. The van der Waals surface area contributed by atoms with Crippen LogP contribution in [-0.4, -0.2) is 10.8 Å². The molecule has 2 nitrogen and oxygen atoms in total. The van der Waals surface area contributed by atoms with Crippen molar-refractivity contribution in [2.45, 2.75) is 5.01 Å². The van der Waals surface area contributed by atoms with Gasteiger partial charge in [-0.25, -0.2) is 4.39 Å². The number of rotatable bonds is 0. The third-order valence-corrected chi connectivity index (χ3v) is 2.76. The zero-order valence-electron chi connectivity index (χ0n) is 6.18. The minimum atomic E-state index is -0.758. The molecule has 1 aromatic carbocycles. The number of ketones is 1. The zero-order valence-corrected chi connectivity index (χ0v) is 9.35. The molecule has 1 aliphatic rings. The fourth-order valence-electron chi connectivity index (χ4n) is 1.14. The molecule has 13 heavy (non-hydrogen) atoms. The molecule has 2 rings (SSSR count). The molecule has 0 fully saturated rings. The summed E-state index contributed by atoms with van der Waals surface area (Å²) in [5.41, 5.74) is 0.272. The quantitative estimate of drug-likeness (QED) is 0.689. The molecule has 1 aromatic rings. The molecule has 0 amide bonds. The van der Waals surface area contributed by atoms with Gasteiger partial charge >= 0.3 is 0 Å². The Balaban J connectivity index is 2.64. The molecule has 5 heteroatoms. The Morgan fingerprint density at radius 2 is 2.15 bits per heavy atom. The van der Waals surface area contributed by atoms with E-state index in [2.05, 4.69) is 31.9 Å². The van der Waals surface area contributed by atoms with Crippen LogP contribution >= 0.6 is 31.9 Å². The standard InChI is InChI=1S/C8H3Br2FO2/c9-3-1-4-6(12)8(10)13-7(4)5(11)2-3/h1-2,8H/t8-/m1/s1. The van der Waals surface area contributed by atoms with Crippen molar-refractivity contribution in [3.63, 3.8) is 0 Å². The van der Waals surface area contributed by atoms with Crippen molar-refractivity contribution in [3.8, 4) is 5.75 Å². The first-order valence-corrected chi connectivity index (χ1v) is 5.14. The molecule has 0 spiro atoms. The molecule has 0 unspecified atom stereocenters. The molecule has 0 radical (unpaired) electrons. The van der Waals surface area contributed by atoms with Crippen molar-refractivity contribution in [2.24, 2.45) is 0 Å². The Morgan fingerprint density at radius 3 is 2.85 bits per heavy atom. The van der Waals surface area contributed by atoms with Gasteiger partial charge in [0.15, 0.2) is 11.6 Å². The van der Waals surface area contributed by atoms with Crippen molar-refractivity contribution >= 4 is 37.6 Å². The fourth-order valence-corrected chi connectivity index (χ4v) is 2.01. The first kappa shape index (κ1) is 9.15. The average Bonchev–Trinajstić information content (AvgIpc) is 2.32. The Morgan fingerprint density at radius 1 is 1.46 bits per heavy atom. The molecule has 0 saturated carbocycles. The fraction of sp³-hybridized carbons (Fsp3) is 0.125. The number of hydrogen-bond acceptors (Lipinski definition) is 2. The van der Waals surface area contributed by atoms with Gasteiger partial charge in [-0.2, -0.15) is 0 Å². The van der Waals surface area contributed by atoms with E-state index in [9.17, 15) is 9.18 Å². The SMILES string of the molecule is O=C1c2cc(Br)cc(F)c2O[C@H]1Br. The molecule has 0 N–H and O–H groups in total. The number of benzene rings is 1. The summed E-state index contributed by atoms with van der Waals surface area (Å²) in [6.45, 7) is 0. The van der Waals surface area contributed by atoms with Crippen molar-refractivity contribution < 1.29 is 13.9 Å². The Hall–Kier alpha value is -0.420. The number of alkyl halides is 1. The molecule has 0 saturated heterocycles. The molecular formula is C8H3Br2FO2. The predicted octanol–water partition coefficient (Wildman–Crippen LogP) is 2.88. The van der Waals surface area contributed by atoms with E-state index in [4.69, 9.17) is 4.74 Å². The second-order valence-corrected chi connectivity index (χ2v) is 4.31. The van der Waals surface area contributed by atoms with E-state index >= 15 is 0 Å². The van der Waals surface area contributed by atoms with Gasteiger partial charge in [0.1, 0.15) is 0 Å². The van der Waals surface area contributed by atoms with Crippen LogP contribution in [-0.2, 0) is 0 Å². The second-order valence-electron chi connectivity index (χ2n) is 2.56. The average molecular weight is 310 g/mol. The van der Waals surface area contributed by atoms with Gasteiger partial charge < -0.3 is 4.74 Å². The Labute approximate surface area is 90.3 Å². The highest BCUT2D eigenvalue weighted by atomic mass is 79.9. The molecule has 1 heterocycles. The first-order chi connectivity index (χ1) is 6.09. The number of fused-ring (bicyclic) bond motifs is 1. The van der Waals surface area contributed by atoms with Gasteiger partial charge in [-0.05, 0) is 28.1 Å². The molecule has 0 aliphatic carbocycles. The normalized spacial score (nSPS) is 19.9. The van der Waals surface area contributed by atoms with Gasteiger partial charge in [0.25, 0.3) is 0 Å². The summed E-state index contributed by atoms with van der Waals surface area (Å²) < 4.78 is 18.7. The maximum atomic E-state index is 13.2. The molecule has 0 aromatic heterocycles. The highest BCUT2D eigenvalue weighted by Gasteiger charge is 2.32. The van der Waals surface area contributed by atoms with Gasteiger partial charge in [0, 0.05) is 4.47 Å². The molecule has 68 valence electrons. The maximum absolute atomic E-state index is 13.2. The smallest absolute Gasteiger partial charge is 0.218 e. The largest absolute Gasteiger partial charge is 0.467 e. The lowest BCUT2D eigenvalue weighted by Crippen LogP contribution is -2.10. The van der Waals surface area contributed by atoms with Crippen LogP contribution < -0.4 is 4.74 Å². The first-order valence-electron chi connectivity index (χ1n) is 3.43. The molecular weight excluding hydrogens is 307 g/mol. The van der Waals surface area contributed by atoms with Crippen molar-refractivity contribution in [3.05, 3.63) is 28.0 Å². The van der Waals surface area contributed by atoms with E-state index in [1.807, 2.05) is 0 Å². The number of Topliss-reactive ketones (excluding diaryl/α,β-unsaturated/α-hetero) is 1. The van der Waals surface area contributed by atoms with Crippen LogP contribution in [0.15, 0.2) is 16.6 Å². The highest BCUT2D eigenvalue weighted by molar-refractivity contribution is 9.10. The number of ether oxygens (including phenoxy) is 1. The van der Waals surface area contributed by atoms with Crippen LogP contribution in [0, 0.1) is 5.82 Å². The van der Waals surface area contributed by atoms with Crippen LogP contribution in [0.4, 0.5) is 4.39 Å². The van der Waals surface area contributed by atoms with E-state index in [1.54, 1.807) is 6.07 Å². The topological polar surface area (TPSA) is 26.3 Å². The minimum Gasteiger partial charge on any atom is -0.467 e. The molecule has 0 bridgehead atoms. The van der Waals surface area contributed by atoms with E-state index in [-0.39, 0.29) is 17.1 Å². The van der Waals surface area contributed by atoms with Crippen molar-refractivity contribution in [1.82, 2.24) is 0 Å². The monoisotopic (exact) mass is 308 g/mol. The summed E-state index contributed by atoms with van der Waals surface area (Å²) in [6.07, 6.45) is 0. The van der Waals surface area contributed by atoms with Crippen LogP contribution in [0.1, 0.15) is 10.4 Å². The molecule has 1 aliphatic heterocycles. The third-order valence-electron chi connectivity index (χ3n) is 1.70.